The highest BCUT2D eigenvalue weighted by Crippen LogP contribution is 2.18. The van der Waals surface area contributed by atoms with Crippen LogP contribution in [0.3, 0.4) is 0 Å². The highest BCUT2D eigenvalue weighted by molar-refractivity contribution is 5.73. The van der Waals surface area contributed by atoms with Crippen LogP contribution in [0, 0.1) is 5.92 Å². The van der Waals surface area contributed by atoms with Gasteiger partial charge >= 0.3 is 5.97 Å². The molecule has 1 aliphatic rings. The Hall–Kier alpha value is -0.830. The standard InChI is InChI=1S/C11H19NO2/c1-3-9(4-2)12-10-6-5-8(7-10)11(13)14/h5-6,8-10,12H,3-4,7H2,1-2H3,(H,13,14). The van der Waals surface area contributed by atoms with Crippen molar-refractivity contribution >= 4 is 5.97 Å². The minimum absolute atomic E-state index is 0.251. The molecule has 2 atom stereocenters. The Morgan fingerprint density at radius 1 is 1.50 bits per heavy atom. The molecule has 0 fully saturated rings. The second-order valence-electron chi connectivity index (χ2n) is 3.85. The molecule has 14 heavy (non-hydrogen) atoms. The molecular formula is C11H19NO2. The van der Waals surface area contributed by atoms with E-state index in [1.165, 1.54) is 0 Å². The first-order chi connectivity index (χ1) is 6.67. The fourth-order valence-corrected chi connectivity index (χ4v) is 1.83. The third kappa shape index (κ3) is 2.84. The van der Waals surface area contributed by atoms with Gasteiger partial charge in [-0.2, -0.15) is 0 Å². The van der Waals surface area contributed by atoms with E-state index in [9.17, 15) is 4.79 Å². The predicted molar refractivity (Wildman–Crippen MR) is 56.2 cm³/mol. The Morgan fingerprint density at radius 3 is 2.57 bits per heavy atom. The van der Waals surface area contributed by atoms with Gasteiger partial charge in [0.05, 0.1) is 5.92 Å². The number of carbonyl (C=O) groups is 1. The highest BCUT2D eigenvalue weighted by atomic mass is 16.4. The molecule has 0 saturated heterocycles. The van der Waals surface area contributed by atoms with Crippen LogP contribution in [-0.4, -0.2) is 23.2 Å². The van der Waals surface area contributed by atoms with Gasteiger partial charge in [0, 0.05) is 12.1 Å². The average Bonchev–Trinajstić information content (AvgIpc) is 2.62. The van der Waals surface area contributed by atoms with E-state index in [0.717, 1.165) is 12.8 Å². The molecule has 0 amide bonds. The van der Waals surface area contributed by atoms with Crippen LogP contribution in [0.5, 0.6) is 0 Å². The number of hydrogen-bond acceptors (Lipinski definition) is 2. The molecule has 3 heteroatoms. The summed E-state index contributed by atoms with van der Waals surface area (Å²) >= 11 is 0. The SMILES string of the molecule is CCC(CC)NC1C=CC(C(=O)O)C1. The third-order valence-electron chi connectivity index (χ3n) is 2.84. The number of hydrogen-bond donors (Lipinski definition) is 2. The normalized spacial score (nSPS) is 25.9. The van der Waals surface area contributed by atoms with Crippen molar-refractivity contribution in [2.24, 2.45) is 5.92 Å². The molecular weight excluding hydrogens is 178 g/mol. The minimum Gasteiger partial charge on any atom is -0.481 e. The first kappa shape index (κ1) is 11.2. The lowest BCUT2D eigenvalue weighted by Gasteiger charge is -2.19. The summed E-state index contributed by atoms with van der Waals surface area (Å²) in [6, 6.07) is 0.762. The molecule has 3 nitrogen and oxygen atoms in total. The molecule has 0 saturated carbocycles. The average molecular weight is 197 g/mol. The third-order valence-corrected chi connectivity index (χ3v) is 2.84. The van der Waals surface area contributed by atoms with Gasteiger partial charge in [0.25, 0.3) is 0 Å². The van der Waals surface area contributed by atoms with E-state index in [-0.39, 0.29) is 12.0 Å². The summed E-state index contributed by atoms with van der Waals surface area (Å²) in [4.78, 5) is 10.7. The Morgan fingerprint density at radius 2 is 2.14 bits per heavy atom. The van der Waals surface area contributed by atoms with Gasteiger partial charge in [-0.1, -0.05) is 26.0 Å². The molecule has 1 rings (SSSR count). The summed E-state index contributed by atoms with van der Waals surface area (Å²) in [5, 5.41) is 12.3. The Bertz CT molecular complexity index is 221. The summed E-state index contributed by atoms with van der Waals surface area (Å²) in [5.74, 6) is -1.00. The van der Waals surface area contributed by atoms with E-state index < -0.39 is 5.97 Å². The summed E-state index contributed by atoms with van der Waals surface area (Å²) in [6.07, 6.45) is 6.67. The van der Waals surface area contributed by atoms with Crippen molar-refractivity contribution in [2.45, 2.75) is 45.2 Å². The lowest BCUT2D eigenvalue weighted by molar-refractivity contribution is -0.140. The minimum atomic E-state index is -0.713. The van der Waals surface area contributed by atoms with Crippen LogP contribution in [-0.2, 0) is 4.79 Å². The van der Waals surface area contributed by atoms with E-state index >= 15 is 0 Å². The molecule has 0 aromatic carbocycles. The Kier molecular flexibility index (Phi) is 4.14. The number of carboxylic acid groups (broad SMARTS) is 1. The summed E-state index contributed by atoms with van der Waals surface area (Å²) in [7, 11) is 0. The molecule has 0 spiro atoms. The lowest BCUT2D eigenvalue weighted by atomic mass is 10.1. The van der Waals surface area contributed by atoms with Gasteiger partial charge in [0.2, 0.25) is 0 Å². The van der Waals surface area contributed by atoms with Crippen molar-refractivity contribution in [2.75, 3.05) is 0 Å². The van der Waals surface area contributed by atoms with Gasteiger partial charge < -0.3 is 10.4 Å². The van der Waals surface area contributed by atoms with Crippen molar-refractivity contribution in [1.29, 1.82) is 0 Å². The number of rotatable bonds is 5. The molecule has 2 N–H and O–H groups in total. The van der Waals surface area contributed by atoms with Gasteiger partial charge in [0.1, 0.15) is 0 Å². The summed E-state index contributed by atoms with van der Waals surface area (Å²) in [6.45, 7) is 4.29. The molecule has 80 valence electrons. The first-order valence-electron chi connectivity index (χ1n) is 5.34. The second kappa shape index (κ2) is 5.15. The van der Waals surface area contributed by atoms with Gasteiger partial charge in [-0.05, 0) is 19.3 Å². The van der Waals surface area contributed by atoms with Gasteiger partial charge in [-0.3, -0.25) is 4.79 Å². The van der Waals surface area contributed by atoms with Crippen LogP contribution < -0.4 is 5.32 Å². The fourth-order valence-electron chi connectivity index (χ4n) is 1.83. The molecule has 0 aliphatic heterocycles. The molecule has 0 aromatic rings. The van der Waals surface area contributed by atoms with Crippen LogP contribution in [0.25, 0.3) is 0 Å². The maximum absolute atomic E-state index is 10.7. The van der Waals surface area contributed by atoms with Gasteiger partial charge in [-0.25, -0.2) is 0 Å². The zero-order valence-electron chi connectivity index (χ0n) is 8.86. The van der Waals surface area contributed by atoms with Crippen LogP contribution >= 0.6 is 0 Å². The maximum atomic E-state index is 10.7. The fraction of sp³-hybridized carbons (Fsp3) is 0.727. The molecule has 1 aliphatic carbocycles. The van der Waals surface area contributed by atoms with Crippen LogP contribution in [0.1, 0.15) is 33.1 Å². The molecule has 0 aromatic heterocycles. The van der Waals surface area contributed by atoms with Gasteiger partial charge in [-0.15, -0.1) is 0 Å². The zero-order chi connectivity index (χ0) is 10.6. The molecule has 0 radical (unpaired) electrons. The summed E-state index contributed by atoms with van der Waals surface area (Å²) in [5.41, 5.74) is 0. The second-order valence-corrected chi connectivity index (χ2v) is 3.85. The Balaban J connectivity index is 2.36. The van der Waals surface area contributed by atoms with Gasteiger partial charge in [0.15, 0.2) is 0 Å². The zero-order valence-corrected chi connectivity index (χ0v) is 8.86. The van der Waals surface area contributed by atoms with E-state index in [0.29, 0.717) is 12.5 Å². The van der Waals surface area contributed by atoms with Crippen molar-refractivity contribution in [3.8, 4) is 0 Å². The number of nitrogens with one attached hydrogen (secondary N) is 1. The van der Waals surface area contributed by atoms with Crippen LogP contribution in [0.2, 0.25) is 0 Å². The molecule has 0 bridgehead atoms. The van der Waals surface area contributed by atoms with Crippen molar-refractivity contribution in [3.63, 3.8) is 0 Å². The quantitative estimate of drug-likeness (QED) is 0.661. The van der Waals surface area contributed by atoms with E-state index in [1.54, 1.807) is 6.08 Å². The monoisotopic (exact) mass is 197 g/mol. The number of aliphatic carboxylic acids is 1. The van der Waals surface area contributed by atoms with Crippen LogP contribution in [0.4, 0.5) is 0 Å². The number of carboxylic acids is 1. The van der Waals surface area contributed by atoms with E-state index in [1.807, 2.05) is 6.08 Å². The smallest absolute Gasteiger partial charge is 0.310 e. The van der Waals surface area contributed by atoms with E-state index in [4.69, 9.17) is 5.11 Å². The molecule has 2 unspecified atom stereocenters. The topological polar surface area (TPSA) is 49.3 Å². The molecule has 0 heterocycles. The predicted octanol–water partition coefficient (Wildman–Crippen LogP) is 1.79. The van der Waals surface area contributed by atoms with Crippen molar-refractivity contribution in [3.05, 3.63) is 12.2 Å². The first-order valence-corrected chi connectivity index (χ1v) is 5.34. The van der Waals surface area contributed by atoms with Crippen molar-refractivity contribution in [1.82, 2.24) is 5.32 Å². The largest absolute Gasteiger partial charge is 0.481 e. The Labute approximate surface area is 85.2 Å². The highest BCUT2D eigenvalue weighted by Gasteiger charge is 2.24. The van der Waals surface area contributed by atoms with Crippen molar-refractivity contribution < 1.29 is 9.90 Å². The lowest BCUT2D eigenvalue weighted by Crippen LogP contribution is -2.36. The van der Waals surface area contributed by atoms with Crippen LogP contribution in [0.15, 0.2) is 12.2 Å². The maximum Gasteiger partial charge on any atom is 0.310 e. The van der Waals surface area contributed by atoms with E-state index in [2.05, 4.69) is 19.2 Å². The summed E-state index contributed by atoms with van der Waals surface area (Å²) < 4.78 is 0.